The molecule has 0 fully saturated rings. The maximum Gasteiger partial charge on any atom is 0.411 e. The molecule has 1 aromatic rings. The molecule has 0 aromatic heterocycles. The van der Waals surface area contributed by atoms with Gasteiger partial charge in [0.05, 0.1) is 12.3 Å². The fourth-order valence-corrected chi connectivity index (χ4v) is 2.59. The lowest BCUT2D eigenvalue weighted by Gasteiger charge is -2.10. The molecule has 6 nitrogen and oxygen atoms in total. The zero-order chi connectivity index (χ0) is 18.5. The van der Waals surface area contributed by atoms with Crippen molar-refractivity contribution in [1.29, 1.82) is 0 Å². The molecule has 140 valence electrons. The van der Waals surface area contributed by atoms with Crippen LogP contribution in [0.25, 0.3) is 0 Å². The number of carbonyl (C=O) groups is 2. The molecular weight excluding hydrogens is 322 g/mol. The Hall–Kier alpha value is -2.24. The number of aromatic hydroxyl groups is 1. The first-order valence-electron chi connectivity index (χ1n) is 9.05. The smallest absolute Gasteiger partial charge is 0.411 e. The van der Waals surface area contributed by atoms with Crippen molar-refractivity contribution >= 4 is 17.7 Å². The Balaban J connectivity index is 2.18. The number of aromatic carboxylic acids is 1. The zero-order valence-electron chi connectivity index (χ0n) is 14.9. The first-order chi connectivity index (χ1) is 12.1. The fraction of sp³-hybridized carbons (Fsp3) is 0.579. The van der Waals surface area contributed by atoms with Gasteiger partial charge in [0.25, 0.3) is 0 Å². The summed E-state index contributed by atoms with van der Waals surface area (Å²) in [7, 11) is 0. The number of benzene rings is 1. The van der Waals surface area contributed by atoms with E-state index in [9.17, 15) is 14.7 Å². The molecule has 0 aliphatic rings. The number of rotatable bonds is 12. The van der Waals surface area contributed by atoms with Gasteiger partial charge in [-0.2, -0.15) is 0 Å². The Morgan fingerprint density at radius 3 is 2.20 bits per heavy atom. The van der Waals surface area contributed by atoms with Crippen LogP contribution >= 0.6 is 0 Å². The second kappa shape index (κ2) is 12.2. The van der Waals surface area contributed by atoms with Gasteiger partial charge >= 0.3 is 12.1 Å². The third-order valence-corrected chi connectivity index (χ3v) is 3.97. The molecule has 0 aliphatic heterocycles. The number of hydrogen-bond acceptors (Lipinski definition) is 4. The van der Waals surface area contributed by atoms with Gasteiger partial charge < -0.3 is 14.9 Å². The summed E-state index contributed by atoms with van der Waals surface area (Å²) in [5.41, 5.74) is -0.327. The lowest BCUT2D eigenvalue weighted by molar-refractivity contribution is 0.0695. The number of amides is 1. The van der Waals surface area contributed by atoms with E-state index in [1.165, 1.54) is 56.7 Å². The van der Waals surface area contributed by atoms with E-state index in [4.69, 9.17) is 9.84 Å². The summed E-state index contributed by atoms with van der Waals surface area (Å²) in [6, 6.07) is 4.11. The normalized spacial score (nSPS) is 10.4. The van der Waals surface area contributed by atoms with Gasteiger partial charge in [-0.1, -0.05) is 64.4 Å². The second-order valence-corrected chi connectivity index (χ2v) is 6.09. The molecule has 6 heteroatoms. The van der Waals surface area contributed by atoms with Crippen LogP contribution in [0.5, 0.6) is 5.75 Å². The van der Waals surface area contributed by atoms with Crippen molar-refractivity contribution in [3.8, 4) is 5.75 Å². The molecule has 3 N–H and O–H groups in total. The molecule has 1 rings (SSSR count). The van der Waals surface area contributed by atoms with Crippen LogP contribution in [0.2, 0.25) is 0 Å². The minimum absolute atomic E-state index is 0.0181. The van der Waals surface area contributed by atoms with Gasteiger partial charge in [-0.25, -0.2) is 9.59 Å². The van der Waals surface area contributed by atoms with Crippen molar-refractivity contribution in [3.63, 3.8) is 0 Å². The van der Waals surface area contributed by atoms with Crippen LogP contribution in [0, 0.1) is 0 Å². The molecule has 0 unspecified atom stereocenters. The number of ether oxygens (including phenoxy) is 1. The molecule has 0 bridgehead atoms. The SMILES string of the molecule is CCCCCCCCCCCOC(=O)Nc1cccc(O)c1C(=O)O. The van der Waals surface area contributed by atoms with Gasteiger partial charge in [-0.15, -0.1) is 0 Å². The highest BCUT2D eigenvalue weighted by Crippen LogP contribution is 2.25. The molecule has 1 amide bonds. The Kier molecular flexibility index (Phi) is 10.1. The van der Waals surface area contributed by atoms with E-state index >= 15 is 0 Å². The topological polar surface area (TPSA) is 95.9 Å². The summed E-state index contributed by atoms with van der Waals surface area (Å²) in [5.74, 6) is -1.71. The summed E-state index contributed by atoms with van der Waals surface area (Å²) < 4.78 is 5.06. The number of anilines is 1. The first-order valence-corrected chi connectivity index (χ1v) is 9.05. The lowest BCUT2D eigenvalue weighted by Crippen LogP contribution is -2.16. The maximum atomic E-state index is 11.7. The number of carboxylic acid groups (broad SMARTS) is 1. The van der Waals surface area contributed by atoms with Crippen molar-refractivity contribution in [2.24, 2.45) is 0 Å². The summed E-state index contributed by atoms with van der Waals surface area (Å²) in [4.78, 5) is 22.8. The van der Waals surface area contributed by atoms with E-state index < -0.39 is 17.8 Å². The highest BCUT2D eigenvalue weighted by atomic mass is 16.5. The first kappa shape index (κ1) is 20.8. The monoisotopic (exact) mass is 351 g/mol. The van der Waals surface area contributed by atoms with E-state index in [1.807, 2.05) is 0 Å². The highest BCUT2D eigenvalue weighted by Gasteiger charge is 2.17. The zero-order valence-corrected chi connectivity index (χ0v) is 14.9. The quantitative estimate of drug-likeness (QED) is 0.451. The number of phenols is 1. The summed E-state index contributed by atoms with van der Waals surface area (Å²) in [6.07, 6.45) is 9.86. The van der Waals surface area contributed by atoms with Crippen molar-refractivity contribution in [3.05, 3.63) is 23.8 Å². The van der Waals surface area contributed by atoms with Gasteiger partial charge in [0.1, 0.15) is 11.3 Å². The molecule has 0 atom stereocenters. The molecule has 0 spiro atoms. The van der Waals surface area contributed by atoms with Crippen LogP contribution in [0.1, 0.15) is 75.1 Å². The van der Waals surface area contributed by atoms with Gasteiger partial charge in [-0.3, -0.25) is 5.32 Å². The Morgan fingerprint density at radius 2 is 1.60 bits per heavy atom. The largest absolute Gasteiger partial charge is 0.507 e. The van der Waals surface area contributed by atoms with E-state index in [2.05, 4.69) is 12.2 Å². The molecule has 0 saturated carbocycles. The van der Waals surface area contributed by atoms with Crippen molar-refractivity contribution < 1.29 is 24.5 Å². The summed E-state index contributed by atoms with van der Waals surface area (Å²) in [5, 5.41) is 21.0. The number of unbranched alkanes of at least 4 members (excludes halogenated alkanes) is 8. The van der Waals surface area contributed by atoms with Crippen LogP contribution < -0.4 is 5.32 Å². The molecule has 0 aliphatic carbocycles. The minimum Gasteiger partial charge on any atom is -0.507 e. The Bertz CT molecular complexity index is 545. The predicted octanol–water partition coefficient (Wildman–Crippen LogP) is 5.17. The van der Waals surface area contributed by atoms with Crippen molar-refractivity contribution in [1.82, 2.24) is 0 Å². The van der Waals surface area contributed by atoms with E-state index in [1.54, 1.807) is 0 Å². The van der Waals surface area contributed by atoms with Crippen LogP contribution in [-0.4, -0.2) is 28.9 Å². The van der Waals surface area contributed by atoms with Crippen molar-refractivity contribution in [2.45, 2.75) is 64.7 Å². The third kappa shape index (κ3) is 8.42. The molecule has 0 saturated heterocycles. The molecular formula is C19H29NO5. The van der Waals surface area contributed by atoms with Crippen molar-refractivity contribution in [2.75, 3.05) is 11.9 Å². The number of nitrogens with one attached hydrogen (secondary N) is 1. The number of carboxylic acids is 1. The molecule has 25 heavy (non-hydrogen) atoms. The van der Waals surface area contributed by atoms with Gasteiger partial charge in [0.15, 0.2) is 0 Å². The molecule has 1 aromatic carbocycles. The highest BCUT2D eigenvalue weighted by molar-refractivity contribution is 6.01. The van der Waals surface area contributed by atoms with E-state index in [0.29, 0.717) is 6.61 Å². The maximum absolute atomic E-state index is 11.7. The van der Waals surface area contributed by atoms with Gasteiger partial charge in [0.2, 0.25) is 0 Å². The van der Waals surface area contributed by atoms with E-state index in [-0.39, 0.29) is 11.3 Å². The second-order valence-electron chi connectivity index (χ2n) is 6.09. The third-order valence-electron chi connectivity index (χ3n) is 3.97. The van der Waals surface area contributed by atoms with Crippen LogP contribution in [0.3, 0.4) is 0 Å². The van der Waals surface area contributed by atoms with Crippen LogP contribution in [0.4, 0.5) is 10.5 Å². The number of hydrogen-bond donors (Lipinski definition) is 3. The summed E-state index contributed by atoms with van der Waals surface area (Å²) in [6.45, 7) is 2.50. The van der Waals surface area contributed by atoms with Gasteiger partial charge in [-0.05, 0) is 18.6 Å². The van der Waals surface area contributed by atoms with Gasteiger partial charge in [0, 0.05) is 0 Å². The average molecular weight is 351 g/mol. The minimum atomic E-state index is -1.31. The number of carbonyl (C=O) groups excluding carboxylic acids is 1. The Labute approximate surface area is 149 Å². The van der Waals surface area contributed by atoms with Crippen LogP contribution in [-0.2, 0) is 4.74 Å². The summed E-state index contributed by atoms with van der Waals surface area (Å²) >= 11 is 0. The average Bonchev–Trinajstić information content (AvgIpc) is 2.56. The van der Waals surface area contributed by atoms with Crippen LogP contribution in [0.15, 0.2) is 18.2 Å². The fourth-order valence-electron chi connectivity index (χ4n) is 2.59. The Morgan fingerprint density at radius 1 is 1.00 bits per heavy atom. The standard InChI is InChI=1S/C19H29NO5/c1-2-3-4-5-6-7-8-9-10-14-25-19(24)20-15-12-11-13-16(21)17(15)18(22)23/h11-13,21H,2-10,14H2,1H3,(H,20,24)(H,22,23). The van der Waals surface area contributed by atoms with E-state index in [0.717, 1.165) is 19.3 Å². The lowest BCUT2D eigenvalue weighted by atomic mass is 10.1. The molecule has 0 heterocycles. The predicted molar refractivity (Wildman–Crippen MR) is 97.3 cm³/mol. The molecule has 0 radical (unpaired) electrons.